The third-order valence-electron chi connectivity index (χ3n) is 14.4. The minimum atomic E-state index is -0.258. The van der Waals surface area contributed by atoms with Crippen LogP contribution in [0.5, 0.6) is 0 Å². The number of hydrogen-bond acceptors (Lipinski definition) is 2. The SMILES string of the molecule is CC1(c2ccccc2)c2ccccc2-c2ccc(-c3ccc(N(c4ccc(-c5cccc(-c6cccc7c6sc6ccccc67)c5)cc4)c4ccccc4-c4cccc5ccccc45)cc3)cc21. The van der Waals surface area contributed by atoms with Gasteiger partial charge in [0, 0.05) is 42.5 Å². The number of fused-ring (bicyclic) bond motifs is 7. The van der Waals surface area contributed by atoms with Gasteiger partial charge in [0.05, 0.1) is 5.69 Å². The monoisotopic (exact) mass is 883 g/mol. The van der Waals surface area contributed by atoms with Gasteiger partial charge >= 0.3 is 0 Å². The molecular formula is C66H45NS. The number of anilines is 3. The number of hydrogen-bond donors (Lipinski definition) is 0. The molecule has 1 aromatic heterocycles. The summed E-state index contributed by atoms with van der Waals surface area (Å²) >= 11 is 1.88. The highest BCUT2D eigenvalue weighted by atomic mass is 32.1. The molecule has 320 valence electrons. The molecule has 0 radical (unpaired) electrons. The van der Waals surface area contributed by atoms with Crippen LogP contribution in [0.4, 0.5) is 17.1 Å². The summed E-state index contributed by atoms with van der Waals surface area (Å²) in [5.74, 6) is 0. The second kappa shape index (κ2) is 16.2. The van der Waals surface area contributed by atoms with Crippen LogP contribution in [0.1, 0.15) is 23.6 Å². The molecule has 68 heavy (non-hydrogen) atoms. The fourth-order valence-electron chi connectivity index (χ4n) is 11.0. The van der Waals surface area contributed by atoms with E-state index in [-0.39, 0.29) is 5.41 Å². The number of benzene rings is 11. The summed E-state index contributed by atoms with van der Waals surface area (Å²) in [4.78, 5) is 2.43. The lowest BCUT2D eigenvalue weighted by Crippen LogP contribution is -2.22. The average molecular weight is 884 g/mol. The van der Waals surface area contributed by atoms with Gasteiger partial charge in [0.2, 0.25) is 0 Å². The van der Waals surface area contributed by atoms with Crippen LogP contribution < -0.4 is 4.90 Å². The lowest BCUT2D eigenvalue weighted by molar-refractivity contribution is 0.714. The van der Waals surface area contributed by atoms with Gasteiger partial charge in [-0.1, -0.05) is 206 Å². The van der Waals surface area contributed by atoms with Crippen LogP contribution in [-0.2, 0) is 5.41 Å². The van der Waals surface area contributed by atoms with Crippen molar-refractivity contribution in [3.63, 3.8) is 0 Å². The minimum absolute atomic E-state index is 0.258. The molecule has 1 aliphatic carbocycles. The Balaban J connectivity index is 0.905. The number of para-hydroxylation sites is 1. The van der Waals surface area contributed by atoms with E-state index in [0.717, 1.165) is 17.1 Å². The van der Waals surface area contributed by atoms with E-state index in [0.29, 0.717) is 0 Å². The lowest BCUT2D eigenvalue weighted by Gasteiger charge is -2.29. The zero-order valence-electron chi connectivity index (χ0n) is 37.6. The highest BCUT2D eigenvalue weighted by Gasteiger charge is 2.40. The molecule has 1 nitrogen and oxygen atoms in total. The maximum atomic E-state index is 2.43. The van der Waals surface area contributed by atoms with Crippen molar-refractivity contribution in [2.24, 2.45) is 0 Å². The lowest BCUT2D eigenvalue weighted by atomic mass is 9.74. The third-order valence-corrected chi connectivity index (χ3v) is 15.6. The van der Waals surface area contributed by atoms with Crippen molar-refractivity contribution in [2.75, 3.05) is 4.90 Å². The van der Waals surface area contributed by atoms with E-state index in [1.807, 2.05) is 11.3 Å². The third kappa shape index (κ3) is 6.52. The molecular weight excluding hydrogens is 839 g/mol. The molecule has 1 unspecified atom stereocenters. The van der Waals surface area contributed by atoms with E-state index in [9.17, 15) is 0 Å². The second-order valence-electron chi connectivity index (χ2n) is 18.1. The van der Waals surface area contributed by atoms with E-state index in [2.05, 4.69) is 267 Å². The number of thiophene rings is 1. The zero-order chi connectivity index (χ0) is 45.2. The smallest absolute Gasteiger partial charge is 0.0540 e. The van der Waals surface area contributed by atoms with Crippen molar-refractivity contribution in [1.29, 1.82) is 0 Å². The van der Waals surface area contributed by atoms with Gasteiger partial charge in [-0.05, 0) is 133 Å². The highest BCUT2D eigenvalue weighted by molar-refractivity contribution is 7.26. The Kier molecular flexibility index (Phi) is 9.56. The summed E-state index contributed by atoms with van der Waals surface area (Å²) in [5, 5.41) is 5.11. The highest BCUT2D eigenvalue weighted by Crippen LogP contribution is 2.53. The van der Waals surface area contributed by atoms with Gasteiger partial charge in [-0.3, -0.25) is 0 Å². The van der Waals surface area contributed by atoms with Gasteiger partial charge in [-0.25, -0.2) is 0 Å². The molecule has 1 heterocycles. The largest absolute Gasteiger partial charge is 0.310 e. The van der Waals surface area contributed by atoms with Crippen molar-refractivity contribution >= 4 is 59.3 Å². The number of nitrogens with zero attached hydrogens (tertiary/aromatic N) is 1. The van der Waals surface area contributed by atoms with Crippen LogP contribution in [0.3, 0.4) is 0 Å². The summed E-state index contributed by atoms with van der Waals surface area (Å²) < 4.78 is 2.66. The number of rotatable bonds is 8. The molecule has 12 aromatic rings. The fourth-order valence-corrected chi connectivity index (χ4v) is 12.2. The van der Waals surface area contributed by atoms with Crippen LogP contribution in [0.15, 0.2) is 255 Å². The van der Waals surface area contributed by atoms with E-state index in [1.165, 1.54) is 103 Å². The predicted octanol–water partition coefficient (Wildman–Crippen LogP) is 18.7. The van der Waals surface area contributed by atoms with Crippen molar-refractivity contribution in [3.05, 3.63) is 271 Å². The van der Waals surface area contributed by atoms with Gasteiger partial charge in [-0.2, -0.15) is 0 Å². The van der Waals surface area contributed by atoms with Crippen LogP contribution in [0.25, 0.3) is 86.6 Å². The molecule has 11 aromatic carbocycles. The molecule has 1 aliphatic rings. The summed E-state index contributed by atoms with van der Waals surface area (Å²) in [6.45, 7) is 2.39. The minimum Gasteiger partial charge on any atom is -0.310 e. The first kappa shape index (κ1) is 40.0. The van der Waals surface area contributed by atoms with Crippen molar-refractivity contribution in [3.8, 4) is 55.6 Å². The second-order valence-corrected chi connectivity index (χ2v) is 19.2. The van der Waals surface area contributed by atoms with Crippen LogP contribution >= 0.6 is 11.3 Å². The van der Waals surface area contributed by atoms with E-state index < -0.39 is 0 Å². The van der Waals surface area contributed by atoms with Crippen LogP contribution in [0.2, 0.25) is 0 Å². The summed E-state index contributed by atoms with van der Waals surface area (Å²) in [7, 11) is 0. The van der Waals surface area contributed by atoms with Crippen LogP contribution in [0, 0.1) is 0 Å². The van der Waals surface area contributed by atoms with Crippen molar-refractivity contribution < 1.29 is 0 Å². The average Bonchev–Trinajstić information content (AvgIpc) is 3.92. The Labute approximate surface area is 401 Å². The summed E-state index contributed by atoms with van der Waals surface area (Å²) in [6.07, 6.45) is 0. The van der Waals surface area contributed by atoms with Crippen molar-refractivity contribution in [2.45, 2.75) is 12.3 Å². The van der Waals surface area contributed by atoms with Gasteiger partial charge in [0.15, 0.2) is 0 Å². The van der Waals surface area contributed by atoms with Gasteiger partial charge < -0.3 is 4.90 Å². The van der Waals surface area contributed by atoms with E-state index >= 15 is 0 Å². The first-order valence-electron chi connectivity index (χ1n) is 23.5. The molecule has 0 saturated heterocycles. The van der Waals surface area contributed by atoms with E-state index in [1.54, 1.807) is 0 Å². The normalized spacial score (nSPS) is 14.0. The topological polar surface area (TPSA) is 3.24 Å². The molecule has 0 fully saturated rings. The molecule has 0 N–H and O–H groups in total. The molecule has 0 spiro atoms. The molecule has 1 atom stereocenters. The summed E-state index contributed by atoms with van der Waals surface area (Å²) in [6, 6.07) is 93.9. The van der Waals surface area contributed by atoms with Gasteiger partial charge in [0.25, 0.3) is 0 Å². The van der Waals surface area contributed by atoms with Crippen molar-refractivity contribution in [1.82, 2.24) is 0 Å². The van der Waals surface area contributed by atoms with Crippen LogP contribution in [-0.4, -0.2) is 0 Å². The van der Waals surface area contributed by atoms with Gasteiger partial charge in [0.1, 0.15) is 0 Å². The Morgan fingerprint density at radius 3 is 1.69 bits per heavy atom. The first-order valence-corrected chi connectivity index (χ1v) is 24.3. The Bertz CT molecular complexity index is 3860. The maximum absolute atomic E-state index is 2.43. The molecule has 0 amide bonds. The molecule has 0 aliphatic heterocycles. The molecule has 13 rings (SSSR count). The zero-order valence-corrected chi connectivity index (χ0v) is 38.4. The van der Waals surface area contributed by atoms with Gasteiger partial charge in [-0.15, -0.1) is 11.3 Å². The molecule has 2 heteroatoms. The first-order chi connectivity index (χ1) is 33.6. The Morgan fingerprint density at radius 2 is 0.882 bits per heavy atom. The van der Waals surface area contributed by atoms with E-state index in [4.69, 9.17) is 0 Å². The standard InChI is InChI=1S/C66H45NS/c1-66(50-20-3-2-4-21-50)61-29-10-7-23-56(61)57-41-36-48(43-62(57)66)45-34-39-52(40-35-45)67(63-30-11-8-24-58(63)55-27-14-17-46-16-5-6-22-53(46)55)51-37-32-44(33-38-51)47-18-13-19-49(42-47)54-26-15-28-60-59-25-9-12-31-64(59)68-65(54)60/h2-43H,1H3. The predicted molar refractivity (Wildman–Crippen MR) is 291 cm³/mol. The molecule has 0 saturated carbocycles. The summed E-state index contributed by atoms with van der Waals surface area (Å²) in [5.41, 5.74) is 19.4. The fraction of sp³-hybridized carbons (Fsp3) is 0.0303. The maximum Gasteiger partial charge on any atom is 0.0540 e. The Morgan fingerprint density at radius 1 is 0.338 bits per heavy atom. The Hall–Kier alpha value is -8.30. The molecule has 0 bridgehead atoms. The quantitative estimate of drug-likeness (QED) is 0.147.